The van der Waals surface area contributed by atoms with Crippen LogP contribution in [0.15, 0.2) is 72.8 Å². The van der Waals surface area contributed by atoms with E-state index >= 15 is 0 Å². The zero-order valence-electron chi connectivity index (χ0n) is 23.8. The number of carbonyl (C=O) groups is 1. The van der Waals surface area contributed by atoms with Crippen molar-refractivity contribution >= 4 is 52.1 Å². The number of nitrogens with zero attached hydrogens (tertiary/aromatic N) is 1. The summed E-state index contributed by atoms with van der Waals surface area (Å²) in [4.78, 5) is 13.6. The van der Waals surface area contributed by atoms with Crippen molar-refractivity contribution in [2.24, 2.45) is 0 Å². The third-order valence-electron chi connectivity index (χ3n) is 7.19. The lowest BCUT2D eigenvalue weighted by Crippen LogP contribution is -2.49. The van der Waals surface area contributed by atoms with Gasteiger partial charge in [-0.15, -0.1) is 23.2 Å². The number of carbonyl (C=O) groups excluding carboxylic acids is 1. The van der Waals surface area contributed by atoms with Crippen LogP contribution < -0.4 is 20.3 Å². The van der Waals surface area contributed by atoms with Gasteiger partial charge in [0.2, 0.25) is 0 Å². The van der Waals surface area contributed by atoms with Crippen LogP contribution >= 0.6 is 34.8 Å². The Hall–Kier alpha value is -2.50. The molecule has 0 unspecified atom stereocenters. The number of benzene rings is 3. The third kappa shape index (κ3) is 9.50. The fourth-order valence-corrected chi connectivity index (χ4v) is 6.92. The lowest BCUT2D eigenvalue weighted by molar-refractivity contribution is 0.0831. The van der Waals surface area contributed by atoms with E-state index in [-0.39, 0.29) is 18.3 Å². The highest BCUT2D eigenvalue weighted by Crippen LogP contribution is 2.50. The van der Waals surface area contributed by atoms with E-state index in [4.69, 9.17) is 11.6 Å². The summed E-state index contributed by atoms with van der Waals surface area (Å²) in [6.07, 6.45) is 1.92. The molecule has 4 rings (SSSR count). The van der Waals surface area contributed by atoms with Crippen LogP contribution in [0.1, 0.15) is 41.3 Å². The first-order valence-corrected chi connectivity index (χ1v) is 16.2. The number of nitrogens with one attached hydrogen (secondary N) is 3. The number of halogens is 2. The second-order valence-electron chi connectivity index (χ2n) is 10.3. The molecular formula is C31H42Cl2N4O4S. The summed E-state index contributed by atoms with van der Waals surface area (Å²) in [6.45, 7) is 4.04. The maximum Gasteiger partial charge on any atom is 0.251 e. The first-order valence-electron chi connectivity index (χ1n) is 14.2. The molecule has 8 nitrogen and oxygen atoms in total. The predicted octanol–water partition coefficient (Wildman–Crippen LogP) is 5.99. The van der Waals surface area contributed by atoms with Crippen molar-refractivity contribution in [1.29, 1.82) is 0 Å². The molecule has 6 N–H and O–H groups in total. The molecule has 0 spiro atoms. The molecule has 3 aromatic rings. The molecule has 0 radical (unpaired) electrons. The average Bonchev–Trinajstić information content (AvgIpc) is 2.96. The van der Waals surface area contributed by atoms with E-state index in [1.54, 1.807) is 16.4 Å². The standard InChI is InChI=1S/C31H41ClN4O4S.ClH/c1-2-34-26-19-25(20-27(21-26)36-16-8-9-17-41(36,39)40)31(38)35-29(18-23-10-4-3-5-11-23)30(37)22-33-15-14-24-12-6-7-13-28(24)32;/h3-7,10-13,19-21,29-30,33-34,37,39-40H,2,8-9,14-18,22H2,1H3,(H,35,38);1H/t29-,30+;/m0./s1. The lowest BCUT2D eigenvalue weighted by atomic mass is 10.00. The van der Waals surface area contributed by atoms with Gasteiger partial charge in [-0.2, -0.15) is 0 Å². The quantitative estimate of drug-likeness (QED) is 0.128. The van der Waals surface area contributed by atoms with Crippen molar-refractivity contribution in [3.05, 3.63) is 94.5 Å². The van der Waals surface area contributed by atoms with Gasteiger partial charge in [-0.25, -0.2) is 0 Å². The Morgan fingerprint density at radius 1 is 1.05 bits per heavy atom. The number of anilines is 2. The minimum absolute atomic E-state index is 0. The first-order chi connectivity index (χ1) is 19.8. The van der Waals surface area contributed by atoms with Crippen LogP contribution in [0.3, 0.4) is 0 Å². The van der Waals surface area contributed by atoms with Crippen molar-refractivity contribution in [1.82, 2.24) is 10.6 Å². The highest BCUT2D eigenvalue weighted by Gasteiger charge is 2.28. The Labute approximate surface area is 261 Å². The van der Waals surface area contributed by atoms with Gasteiger partial charge in [0.1, 0.15) is 0 Å². The minimum atomic E-state index is -2.95. The van der Waals surface area contributed by atoms with Crippen molar-refractivity contribution < 1.29 is 19.0 Å². The largest absolute Gasteiger partial charge is 0.390 e. The highest BCUT2D eigenvalue weighted by molar-refractivity contribution is 8.25. The summed E-state index contributed by atoms with van der Waals surface area (Å²) >= 11 is 6.27. The zero-order chi connectivity index (χ0) is 29.2. The smallest absolute Gasteiger partial charge is 0.251 e. The molecule has 230 valence electrons. The van der Waals surface area contributed by atoms with E-state index in [1.165, 1.54) is 0 Å². The van der Waals surface area contributed by atoms with E-state index in [9.17, 15) is 19.0 Å². The summed E-state index contributed by atoms with van der Waals surface area (Å²) in [5, 5.41) is 21.5. The molecule has 1 saturated heterocycles. The molecule has 42 heavy (non-hydrogen) atoms. The fraction of sp³-hybridized carbons (Fsp3) is 0.387. The Bertz CT molecular complexity index is 1280. The molecule has 0 aromatic heterocycles. The van der Waals surface area contributed by atoms with Crippen LogP contribution in [0, 0.1) is 0 Å². The van der Waals surface area contributed by atoms with Gasteiger partial charge in [0.15, 0.2) is 0 Å². The van der Waals surface area contributed by atoms with Crippen LogP contribution in [0.2, 0.25) is 5.02 Å². The zero-order valence-corrected chi connectivity index (χ0v) is 26.2. The van der Waals surface area contributed by atoms with Gasteiger partial charge in [0, 0.05) is 35.9 Å². The van der Waals surface area contributed by atoms with Gasteiger partial charge in [0.05, 0.1) is 23.6 Å². The van der Waals surface area contributed by atoms with E-state index in [2.05, 4.69) is 16.0 Å². The van der Waals surface area contributed by atoms with Gasteiger partial charge < -0.3 is 21.1 Å². The maximum absolute atomic E-state index is 13.6. The van der Waals surface area contributed by atoms with Crippen LogP contribution in [0.4, 0.5) is 11.4 Å². The van der Waals surface area contributed by atoms with Crippen LogP contribution in [-0.2, 0) is 12.8 Å². The molecule has 0 saturated carbocycles. The Balaban J connectivity index is 0.00000484. The number of aliphatic hydroxyl groups is 1. The lowest BCUT2D eigenvalue weighted by Gasteiger charge is -2.47. The van der Waals surface area contributed by atoms with E-state index < -0.39 is 22.9 Å². The molecule has 1 heterocycles. The second kappa shape index (κ2) is 16.4. The molecule has 3 aromatic carbocycles. The van der Waals surface area contributed by atoms with Crippen molar-refractivity contribution in [2.75, 3.05) is 41.6 Å². The molecule has 1 aliphatic rings. The SMILES string of the molecule is CCNc1cc(C(=O)N[C@@H](Cc2ccccc2)[C@H](O)CNCCc2ccccc2Cl)cc(N2CCCCS2(O)O)c1.Cl. The molecule has 0 aliphatic carbocycles. The van der Waals surface area contributed by atoms with Gasteiger partial charge in [0.25, 0.3) is 5.91 Å². The van der Waals surface area contributed by atoms with Crippen molar-refractivity contribution in [3.63, 3.8) is 0 Å². The summed E-state index contributed by atoms with van der Waals surface area (Å²) < 4.78 is 23.0. The van der Waals surface area contributed by atoms with Crippen molar-refractivity contribution in [2.45, 2.75) is 44.8 Å². The summed E-state index contributed by atoms with van der Waals surface area (Å²) in [5.74, 6) is -0.0232. The molecule has 1 fully saturated rings. The molecular weight excluding hydrogens is 595 g/mol. The predicted molar refractivity (Wildman–Crippen MR) is 178 cm³/mol. The number of rotatable bonds is 13. The van der Waals surface area contributed by atoms with Gasteiger partial charge in [-0.05, 0) is 74.5 Å². The van der Waals surface area contributed by atoms with Crippen molar-refractivity contribution in [3.8, 4) is 0 Å². The van der Waals surface area contributed by atoms with E-state index in [0.717, 1.165) is 36.1 Å². The third-order valence-corrected chi connectivity index (χ3v) is 9.50. The first kappa shape index (κ1) is 34.0. The molecule has 2 atom stereocenters. The summed E-state index contributed by atoms with van der Waals surface area (Å²) in [7, 11) is -2.95. The van der Waals surface area contributed by atoms with Gasteiger partial charge in [-0.3, -0.25) is 18.2 Å². The number of hydrogen-bond acceptors (Lipinski definition) is 7. The molecule has 0 bridgehead atoms. The van der Waals surface area contributed by atoms with Gasteiger partial charge in [-0.1, -0.05) is 60.1 Å². The average molecular weight is 638 g/mol. The Morgan fingerprint density at radius 3 is 2.50 bits per heavy atom. The van der Waals surface area contributed by atoms with E-state index in [1.807, 2.05) is 67.6 Å². The maximum atomic E-state index is 13.6. The Morgan fingerprint density at radius 2 is 1.79 bits per heavy atom. The molecule has 11 heteroatoms. The number of aliphatic hydroxyl groups excluding tert-OH is 1. The second-order valence-corrected chi connectivity index (χ2v) is 12.8. The molecule has 1 amide bonds. The summed E-state index contributed by atoms with van der Waals surface area (Å²) in [6, 6.07) is 22.2. The van der Waals surface area contributed by atoms with Gasteiger partial charge >= 0.3 is 0 Å². The van der Waals surface area contributed by atoms with Crippen LogP contribution in [0.25, 0.3) is 0 Å². The number of hydrogen-bond donors (Lipinski definition) is 6. The molecule has 1 aliphatic heterocycles. The monoisotopic (exact) mass is 636 g/mol. The normalized spacial score (nSPS) is 16.5. The topological polar surface area (TPSA) is 117 Å². The summed E-state index contributed by atoms with van der Waals surface area (Å²) in [5.41, 5.74) is 3.73. The minimum Gasteiger partial charge on any atom is -0.390 e. The van der Waals surface area contributed by atoms with Crippen LogP contribution in [-0.4, -0.2) is 64.2 Å². The number of amides is 1. The Kier molecular flexibility index (Phi) is 13.3. The van der Waals surface area contributed by atoms with Crippen LogP contribution in [0.5, 0.6) is 0 Å². The fourth-order valence-electron chi connectivity index (χ4n) is 5.02. The highest BCUT2D eigenvalue weighted by atomic mass is 35.5. The van der Waals surface area contributed by atoms with E-state index in [0.29, 0.717) is 54.6 Å².